The van der Waals surface area contributed by atoms with Gasteiger partial charge >= 0.3 is 0 Å². The van der Waals surface area contributed by atoms with Crippen LogP contribution in [0.25, 0.3) is 10.7 Å². The molecule has 5 heteroatoms. The summed E-state index contributed by atoms with van der Waals surface area (Å²) in [6.45, 7) is 1.95. The van der Waals surface area contributed by atoms with Gasteiger partial charge in [-0.15, -0.1) is 11.3 Å². The monoisotopic (exact) mass is 236 g/mol. The summed E-state index contributed by atoms with van der Waals surface area (Å²) in [5.74, 6) is 0.270. The number of aromatic hydroxyl groups is 1. The van der Waals surface area contributed by atoms with Gasteiger partial charge in [0.05, 0.1) is 10.4 Å². The summed E-state index contributed by atoms with van der Waals surface area (Å²) in [6.07, 6.45) is 1.34. The second-order valence-corrected chi connectivity index (χ2v) is 4.39. The maximum atomic E-state index is 11.7. The zero-order valence-corrected chi connectivity index (χ0v) is 9.67. The minimum Gasteiger partial charge on any atom is -0.493 e. The summed E-state index contributed by atoms with van der Waals surface area (Å²) in [4.78, 5) is 19.2. The van der Waals surface area contributed by atoms with Gasteiger partial charge in [-0.2, -0.15) is 4.98 Å². The molecule has 0 atom stereocenters. The van der Waals surface area contributed by atoms with Crippen molar-refractivity contribution in [3.63, 3.8) is 0 Å². The Balaban J connectivity index is 2.49. The zero-order valence-electron chi connectivity index (χ0n) is 8.86. The van der Waals surface area contributed by atoms with Crippen molar-refractivity contribution in [1.82, 2.24) is 9.97 Å². The number of hydrogen-bond donors (Lipinski definition) is 2. The van der Waals surface area contributed by atoms with Crippen LogP contribution in [0, 0.1) is 0 Å². The van der Waals surface area contributed by atoms with Crippen LogP contribution in [0.2, 0.25) is 0 Å². The third-order valence-electron chi connectivity index (χ3n) is 2.25. The SMILES string of the molecule is CCCc1c(O)nc(-c2cccs2)[nH]c1=O. The molecular weight excluding hydrogens is 224 g/mol. The average Bonchev–Trinajstić information content (AvgIpc) is 2.76. The van der Waals surface area contributed by atoms with Crippen LogP contribution in [0.5, 0.6) is 5.88 Å². The van der Waals surface area contributed by atoms with Crippen molar-refractivity contribution in [2.45, 2.75) is 19.8 Å². The van der Waals surface area contributed by atoms with Crippen molar-refractivity contribution < 1.29 is 5.11 Å². The molecule has 0 saturated carbocycles. The van der Waals surface area contributed by atoms with Crippen LogP contribution in [-0.2, 0) is 6.42 Å². The number of rotatable bonds is 3. The lowest BCUT2D eigenvalue weighted by atomic mass is 10.2. The second-order valence-electron chi connectivity index (χ2n) is 3.44. The molecule has 4 nitrogen and oxygen atoms in total. The van der Waals surface area contributed by atoms with E-state index < -0.39 is 0 Å². The van der Waals surface area contributed by atoms with Gasteiger partial charge in [-0.25, -0.2) is 0 Å². The molecule has 2 aromatic rings. The van der Waals surface area contributed by atoms with E-state index in [4.69, 9.17) is 0 Å². The molecular formula is C11H12N2O2S. The molecule has 0 aromatic carbocycles. The molecule has 0 saturated heterocycles. The van der Waals surface area contributed by atoms with Gasteiger partial charge in [0, 0.05) is 0 Å². The van der Waals surface area contributed by atoms with E-state index in [2.05, 4.69) is 9.97 Å². The lowest BCUT2D eigenvalue weighted by molar-refractivity contribution is 0.443. The van der Waals surface area contributed by atoms with E-state index in [-0.39, 0.29) is 11.4 Å². The first kappa shape index (κ1) is 10.9. The van der Waals surface area contributed by atoms with Gasteiger partial charge in [0.1, 0.15) is 0 Å². The van der Waals surface area contributed by atoms with Gasteiger partial charge in [0.2, 0.25) is 5.88 Å². The Morgan fingerprint density at radius 3 is 2.94 bits per heavy atom. The van der Waals surface area contributed by atoms with Gasteiger partial charge in [0.15, 0.2) is 5.82 Å². The van der Waals surface area contributed by atoms with Gasteiger partial charge in [-0.05, 0) is 17.9 Å². The summed E-state index contributed by atoms with van der Waals surface area (Å²) >= 11 is 1.47. The highest BCUT2D eigenvalue weighted by Crippen LogP contribution is 2.22. The van der Waals surface area contributed by atoms with Crippen molar-refractivity contribution in [1.29, 1.82) is 0 Å². The Morgan fingerprint density at radius 2 is 2.38 bits per heavy atom. The average molecular weight is 236 g/mol. The molecule has 2 heterocycles. The lowest BCUT2D eigenvalue weighted by Gasteiger charge is -2.03. The van der Waals surface area contributed by atoms with E-state index in [1.54, 1.807) is 0 Å². The molecule has 0 unspecified atom stereocenters. The predicted molar refractivity (Wildman–Crippen MR) is 63.8 cm³/mol. The van der Waals surface area contributed by atoms with E-state index in [1.165, 1.54) is 11.3 Å². The summed E-state index contributed by atoms with van der Waals surface area (Å²) in [7, 11) is 0. The van der Waals surface area contributed by atoms with E-state index in [1.807, 2.05) is 24.4 Å². The summed E-state index contributed by atoms with van der Waals surface area (Å²) in [6, 6.07) is 3.72. The predicted octanol–water partition coefficient (Wildman–Crippen LogP) is 2.16. The van der Waals surface area contributed by atoms with Crippen molar-refractivity contribution in [2.24, 2.45) is 0 Å². The molecule has 0 aliphatic rings. The number of aromatic amines is 1. The van der Waals surface area contributed by atoms with Crippen LogP contribution in [0.4, 0.5) is 0 Å². The fourth-order valence-corrected chi connectivity index (χ4v) is 2.16. The van der Waals surface area contributed by atoms with Crippen molar-refractivity contribution >= 4 is 11.3 Å². The first-order chi connectivity index (χ1) is 7.72. The highest BCUT2D eigenvalue weighted by molar-refractivity contribution is 7.13. The van der Waals surface area contributed by atoms with Gasteiger partial charge in [-0.1, -0.05) is 19.4 Å². The Kier molecular flexibility index (Phi) is 3.05. The van der Waals surface area contributed by atoms with Crippen LogP contribution in [-0.4, -0.2) is 15.1 Å². The van der Waals surface area contributed by atoms with Crippen molar-refractivity contribution in [2.75, 3.05) is 0 Å². The largest absolute Gasteiger partial charge is 0.493 e. The van der Waals surface area contributed by atoms with Crippen LogP contribution >= 0.6 is 11.3 Å². The lowest BCUT2D eigenvalue weighted by Crippen LogP contribution is -2.14. The standard InChI is InChI=1S/C11H12N2O2S/c1-2-4-7-10(14)12-9(13-11(7)15)8-5-3-6-16-8/h3,5-6H,2,4H2,1H3,(H2,12,13,14,15). The smallest absolute Gasteiger partial charge is 0.258 e. The highest BCUT2D eigenvalue weighted by atomic mass is 32.1. The third-order valence-corrected chi connectivity index (χ3v) is 3.12. The number of nitrogens with zero attached hydrogens (tertiary/aromatic N) is 1. The first-order valence-corrected chi connectivity index (χ1v) is 5.96. The maximum absolute atomic E-state index is 11.7. The molecule has 16 heavy (non-hydrogen) atoms. The number of H-pyrrole nitrogens is 1. The summed E-state index contributed by atoms with van der Waals surface area (Å²) in [5, 5.41) is 11.6. The van der Waals surface area contributed by atoms with Gasteiger partial charge in [-0.3, -0.25) is 4.79 Å². The minimum absolute atomic E-state index is 0.158. The number of aromatic nitrogens is 2. The fraction of sp³-hybridized carbons (Fsp3) is 0.273. The van der Waals surface area contributed by atoms with Crippen LogP contribution in [0.3, 0.4) is 0 Å². The van der Waals surface area contributed by atoms with E-state index in [0.717, 1.165) is 11.3 Å². The quantitative estimate of drug-likeness (QED) is 0.858. The minimum atomic E-state index is -0.252. The van der Waals surface area contributed by atoms with Crippen molar-refractivity contribution in [3.8, 4) is 16.6 Å². The molecule has 0 radical (unpaired) electrons. The Morgan fingerprint density at radius 1 is 1.56 bits per heavy atom. The Hall–Kier alpha value is -1.62. The maximum Gasteiger partial charge on any atom is 0.258 e. The second kappa shape index (κ2) is 4.49. The van der Waals surface area contributed by atoms with E-state index in [0.29, 0.717) is 17.8 Å². The normalized spacial score (nSPS) is 10.6. The first-order valence-electron chi connectivity index (χ1n) is 5.08. The molecule has 0 aliphatic heterocycles. The molecule has 0 bridgehead atoms. The van der Waals surface area contributed by atoms with Gasteiger partial charge in [0.25, 0.3) is 5.56 Å². The molecule has 0 amide bonds. The molecule has 0 aliphatic carbocycles. The topological polar surface area (TPSA) is 66.0 Å². The number of thiophene rings is 1. The molecule has 0 spiro atoms. The highest BCUT2D eigenvalue weighted by Gasteiger charge is 2.11. The van der Waals surface area contributed by atoms with E-state index >= 15 is 0 Å². The van der Waals surface area contributed by atoms with E-state index in [9.17, 15) is 9.90 Å². The number of hydrogen-bond acceptors (Lipinski definition) is 4. The van der Waals surface area contributed by atoms with Crippen LogP contribution in [0.1, 0.15) is 18.9 Å². The summed E-state index contributed by atoms with van der Waals surface area (Å²) < 4.78 is 0. The van der Waals surface area contributed by atoms with Crippen molar-refractivity contribution in [3.05, 3.63) is 33.4 Å². The molecule has 2 aromatic heterocycles. The van der Waals surface area contributed by atoms with Crippen LogP contribution < -0.4 is 5.56 Å². The Bertz CT molecular complexity index is 531. The molecule has 2 rings (SSSR count). The third kappa shape index (κ3) is 1.99. The van der Waals surface area contributed by atoms with Gasteiger partial charge < -0.3 is 10.1 Å². The van der Waals surface area contributed by atoms with Crippen LogP contribution in [0.15, 0.2) is 22.3 Å². The Labute approximate surface area is 96.6 Å². The fourth-order valence-electron chi connectivity index (χ4n) is 1.49. The summed E-state index contributed by atoms with van der Waals surface area (Å²) in [5.41, 5.74) is 0.112. The molecule has 2 N–H and O–H groups in total. The number of nitrogens with one attached hydrogen (secondary N) is 1. The molecule has 84 valence electrons. The zero-order chi connectivity index (χ0) is 11.5. The molecule has 0 fully saturated rings.